The minimum absolute atomic E-state index is 0.0281. The van der Waals surface area contributed by atoms with Crippen LogP contribution in [0.25, 0.3) is 0 Å². The summed E-state index contributed by atoms with van der Waals surface area (Å²) in [4.78, 5) is 29.8. The second-order valence-electron chi connectivity index (χ2n) is 14.3. The highest BCUT2D eigenvalue weighted by Gasteiger charge is 2.30. The summed E-state index contributed by atoms with van der Waals surface area (Å²) in [6.45, 7) is 6.31. The van der Waals surface area contributed by atoms with Gasteiger partial charge in [0, 0.05) is 44.4 Å². The highest BCUT2D eigenvalue weighted by molar-refractivity contribution is 5.91. The Morgan fingerprint density at radius 3 is 1.63 bits per heavy atom. The number of ether oxygens (including phenoxy) is 10. The lowest BCUT2D eigenvalue weighted by molar-refractivity contribution is -0.140. The van der Waals surface area contributed by atoms with E-state index in [1.165, 1.54) is 5.56 Å². The van der Waals surface area contributed by atoms with Gasteiger partial charge in [-0.15, -0.1) is 0 Å². The van der Waals surface area contributed by atoms with Gasteiger partial charge in [-0.2, -0.15) is 0 Å². The maximum atomic E-state index is 12.6. The minimum Gasteiger partial charge on any atom is -0.493 e. The number of nitrogens with zero attached hydrogens (tertiary/aromatic N) is 2. The van der Waals surface area contributed by atoms with Gasteiger partial charge >= 0.3 is 11.9 Å². The first-order chi connectivity index (χ1) is 29.2. The molecule has 0 fully saturated rings. The average Bonchev–Trinajstić information content (AvgIpc) is 3.27. The molecule has 60 heavy (non-hydrogen) atoms. The van der Waals surface area contributed by atoms with Crippen molar-refractivity contribution in [2.75, 3.05) is 96.3 Å². The number of hydrogen-bond donors (Lipinski definition) is 0. The number of benzene rings is 3. The lowest BCUT2D eigenvalue weighted by Gasteiger charge is -2.38. The van der Waals surface area contributed by atoms with Gasteiger partial charge in [-0.3, -0.25) is 9.80 Å². The summed E-state index contributed by atoms with van der Waals surface area (Å²) in [7, 11) is 12.9. The van der Waals surface area contributed by atoms with Crippen molar-refractivity contribution >= 4 is 11.9 Å². The third-order valence-corrected chi connectivity index (χ3v) is 10.5. The quantitative estimate of drug-likeness (QED) is 0.0466. The van der Waals surface area contributed by atoms with E-state index in [1.54, 1.807) is 56.9 Å². The third-order valence-electron chi connectivity index (χ3n) is 10.5. The highest BCUT2D eigenvalue weighted by Crippen LogP contribution is 2.43. The molecule has 1 heterocycles. The molecule has 0 aliphatic carbocycles. The first kappa shape index (κ1) is 47.3. The molecule has 0 saturated carbocycles. The zero-order valence-electron chi connectivity index (χ0n) is 36.9. The predicted octanol–water partition coefficient (Wildman–Crippen LogP) is 7.01. The molecule has 14 heteroatoms. The topological polar surface area (TPSA) is 133 Å². The van der Waals surface area contributed by atoms with Crippen molar-refractivity contribution in [1.82, 2.24) is 9.80 Å². The van der Waals surface area contributed by atoms with E-state index in [9.17, 15) is 9.59 Å². The molecule has 3 aromatic carbocycles. The molecule has 0 amide bonds. The molecule has 14 nitrogen and oxygen atoms in total. The molecule has 0 bridgehead atoms. The summed E-state index contributed by atoms with van der Waals surface area (Å²) in [5.41, 5.74) is 4.35. The van der Waals surface area contributed by atoms with Crippen molar-refractivity contribution in [3.05, 3.63) is 70.8 Å². The van der Waals surface area contributed by atoms with E-state index in [2.05, 4.69) is 22.8 Å². The van der Waals surface area contributed by atoms with Gasteiger partial charge in [-0.1, -0.05) is 19.8 Å². The standard InChI is InChI=1S/C46H64N2O12/c1-10-11-12-18-47(31-33-27-41(55-6)46(58-9)42(28-33)56-7)19-13-22-59-43(49)15-16-44(50)60-23-14-20-48-21-17-34-29-37(51-2)38(52-3)30-35(34)36(48)24-32-25-39(53-4)45(57-8)40(26-32)54-5/h15-16,25-30,36H,10-14,17-24,31H2,1-9H3/b16-15-/t36-/m1/s1. The Hall–Kier alpha value is -5.34. The van der Waals surface area contributed by atoms with E-state index >= 15 is 0 Å². The summed E-state index contributed by atoms with van der Waals surface area (Å²) in [6.07, 6.45) is 8.20. The molecular formula is C46H64N2O12. The molecule has 1 aliphatic heterocycles. The van der Waals surface area contributed by atoms with Crippen LogP contribution in [-0.4, -0.2) is 118 Å². The molecule has 3 aromatic rings. The van der Waals surface area contributed by atoms with E-state index in [-0.39, 0.29) is 19.3 Å². The summed E-state index contributed by atoms with van der Waals surface area (Å²) >= 11 is 0. The molecule has 1 aliphatic rings. The lowest BCUT2D eigenvalue weighted by atomic mass is 9.88. The Bertz CT molecular complexity index is 1810. The van der Waals surface area contributed by atoms with Gasteiger partial charge < -0.3 is 47.4 Å². The van der Waals surface area contributed by atoms with Gasteiger partial charge in [0.25, 0.3) is 0 Å². The first-order valence-electron chi connectivity index (χ1n) is 20.5. The normalized spacial score (nSPS) is 13.7. The second kappa shape index (κ2) is 24.7. The van der Waals surface area contributed by atoms with Crippen molar-refractivity contribution in [3.63, 3.8) is 0 Å². The number of carbonyl (C=O) groups is 2. The van der Waals surface area contributed by atoms with Crippen LogP contribution in [0.4, 0.5) is 0 Å². The fourth-order valence-electron chi connectivity index (χ4n) is 7.54. The van der Waals surface area contributed by atoms with Crippen molar-refractivity contribution < 1.29 is 57.0 Å². The largest absolute Gasteiger partial charge is 0.493 e. The fraction of sp³-hybridized carbons (Fsp3) is 0.522. The monoisotopic (exact) mass is 836 g/mol. The molecule has 0 N–H and O–H groups in total. The molecule has 0 aromatic heterocycles. The van der Waals surface area contributed by atoms with E-state index in [4.69, 9.17) is 47.4 Å². The molecule has 1 atom stereocenters. The first-order valence-corrected chi connectivity index (χ1v) is 20.5. The zero-order chi connectivity index (χ0) is 43.4. The number of carbonyl (C=O) groups excluding carboxylic acids is 2. The van der Waals surface area contributed by atoms with Crippen LogP contribution in [0, 0.1) is 0 Å². The fourth-order valence-corrected chi connectivity index (χ4v) is 7.54. The molecule has 4 rings (SSSR count). The number of hydrogen-bond acceptors (Lipinski definition) is 14. The lowest BCUT2D eigenvalue weighted by Crippen LogP contribution is -2.37. The maximum absolute atomic E-state index is 12.6. The van der Waals surface area contributed by atoms with Crippen LogP contribution in [0.1, 0.15) is 67.3 Å². The number of rotatable bonds is 26. The van der Waals surface area contributed by atoms with E-state index in [0.29, 0.717) is 84.9 Å². The molecule has 0 saturated heterocycles. The smallest absolute Gasteiger partial charge is 0.331 e. The van der Waals surface area contributed by atoms with Crippen LogP contribution in [0.15, 0.2) is 48.6 Å². The van der Waals surface area contributed by atoms with Crippen molar-refractivity contribution in [1.29, 1.82) is 0 Å². The van der Waals surface area contributed by atoms with Gasteiger partial charge in [0.05, 0.1) is 70.1 Å². The molecule has 0 spiro atoms. The Morgan fingerprint density at radius 1 is 0.617 bits per heavy atom. The van der Waals surface area contributed by atoms with Crippen LogP contribution in [0.3, 0.4) is 0 Å². The SMILES string of the molecule is CCCCCN(CCCOC(=O)/C=C\C(=O)OCCCN1CCc2cc(OC)c(OC)cc2[C@H]1Cc1cc(OC)c(OC)c(OC)c1)Cc1cc(OC)c(OC)c(OC)c1. The zero-order valence-corrected chi connectivity index (χ0v) is 36.9. The summed E-state index contributed by atoms with van der Waals surface area (Å²) < 4.78 is 55.6. The van der Waals surface area contributed by atoms with Gasteiger partial charge in [-0.05, 0) is 97.3 Å². The van der Waals surface area contributed by atoms with Gasteiger partial charge in [-0.25, -0.2) is 9.59 Å². The molecule has 0 radical (unpaired) electrons. The van der Waals surface area contributed by atoms with Crippen molar-refractivity contribution in [3.8, 4) is 46.0 Å². The van der Waals surface area contributed by atoms with Gasteiger partial charge in [0.1, 0.15) is 0 Å². The number of methoxy groups -OCH3 is 8. The van der Waals surface area contributed by atoms with Crippen molar-refractivity contribution in [2.24, 2.45) is 0 Å². The van der Waals surface area contributed by atoms with Crippen molar-refractivity contribution in [2.45, 2.75) is 64.5 Å². The van der Waals surface area contributed by atoms with Gasteiger partial charge in [0.2, 0.25) is 11.5 Å². The highest BCUT2D eigenvalue weighted by atomic mass is 16.5. The second-order valence-corrected chi connectivity index (χ2v) is 14.3. The Kier molecular flexibility index (Phi) is 19.5. The molecule has 0 unspecified atom stereocenters. The third kappa shape index (κ3) is 13.1. The maximum Gasteiger partial charge on any atom is 0.331 e. The Labute approximate surface area is 355 Å². The van der Waals surface area contributed by atoms with Crippen LogP contribution >= 0.6 is 0 Å². The molecule has 330 valence electrons. The number of unbranched alkanes of at least 4 members (excludes halogenated alkanes) is 2. The van der Waals surface area contributed by atoms with E-state index in [1.807, 2.05) is 30.3 Å². The van der Waals surface area contributed by atoms with Crippen LogP contribution < -0.4 is 37.9 Å². The Balaban J connectivity index is 1.30. The van der Waals surface area contributed by atoms with Crippen LogP contribution in [0.2, 0.25) is 0 Å². The minimum atomic E-state index is -0.603. The van der Waals surface area contributed by atoms with E-state index in [0.717, 1.165) is 67.6 Å². The summed E-state index contributed by atoms with van der Waals surface area (Å²) in [6, 6.07) is 11.9. The number of esters is 2. The number of fused-ring (bicyclic) bond motifs is 1. The van der Waals surface area contributed by atoms with E-state index < -0.39 is 11.9 Å². The average molecular weight is 837 g/mol. The Morgan fingerprint density at radius 2 is 1.12 bits per heavy atom. The van der Waals surface area contributed by atoms with Gasteiger partial charge in [0.15, 0.2) is 34.5 Å². The van der Waals surface area contributed by atoms with Crippen LogP contribution in [0.5, 0.6) is 46.0 Å². The predicted molar refractivity (Wildman–Crippen MR) is 229 cm³/mol. The van der Waals surface area contributed by atoms with Crippen LogP contribution in [-0.2, 0) is 38.4 Å². The molecular weight excluding hydrogens is 773 g/mol. The summed E-state index contributed by atoms with van der Waals surface area (Å²) in [5.74, 6) is 3.61. The summed E-state index contributed by atoms with van der Waals surface area (Å²) in [5, 5.41) is 0.